The molecular formula is C20H32N4O6. The van der Waals surface area contributed by atoms with Crippen LogP contribution in [-0.4, -0.2) is 70.8 Å². The van der Waals surface area contributed by atoms with E-state index in [1.807, 2.05) is 0 Å². The maximum atomic E-state index is 13.2. The average Bonchev–Trinajstić information content (AvgIpc) is 3.37. The number of hydrogen-bond donors (Lipinski definition) is 3. The number of likely N-dealkylation sites (tertiary alicyclic amines) is 1. The van der Waals surface area contributed by atoms with Gasteiger partial charge in [0, 0.05) is 12.6 Å². The number of nitrogens with two attached hydrogens (primary N) is 1. The quantitative estimate of drug-likeness (QED) is 0.297. The Morgan fingerprint density at radius 2 is 1.90 bits per heavy atom. The van der Waals surface area contributed by atoms with Crippen LogP contribution in [0.1, 0.15) is 57.8 Å². The highest BCUT2D eigenvalue weighted by Gasteiger charge is 2.39. The van der Waals surface area contributed by atoms with Crippen molar-refractivity contribution in [1.29, 1.82) is 0 Å². The predicted octanol–water partition coefficient (Wildman–Crippen LogP) is 0.764. The number of ether oxygens (including phenoxy) is 1. The minimum absolute atomic E-state index is 0.0238. The number of nitrogens with zero attached hydrogens (tertiary/aromatic N) is 2. The number of hydroxylamine groups is 2. The standard InChI is InChI=1S/C20H32N4O6/c21-15-9-16(10-15)30-20(28)22-18(26)17-6-3-7-24(17)19(27)14(11-23(29)12-25)8-13-4-1-2-5-13/h12-17,29H,1-11,21H2,(H,22,26,28)/t14-,15?,16?,17+/m1/s1. The second kappa shape index (κ2) is 10.2. The minimum atomic E-state index is -0.818. The molecule has 1 aliphatic heterocycles. The van der Waals surface area contributed by atoms with Crippen molar-refractivity contribution in [3.05, 3.63) is 0 Å². The molecule has 0 radical (unpaired) electrons. The van der Waals surface area contributed by atoms with Gasteiger partial charge in [0.2, 0.25) is 12.3 Å². The summed E-state index contributed by atoms with van der Waals surface area (Å²) in [6, 6.07) is -0.737. The van der Waals surface area contributed by atoms with E-state index in [4.69, 9.17) is 10.5 Å². The van der Waals surface area contributed by atoms with Gasteiger partial charge in [-0.3, -0.25) is 24.9 Å². The molecule has 2 atom stereocenters. The van der Waals surface area contributed by atoms with Crippen molar-refractivity contribution in [3.63, 3.8) is 0 Å². The van der Waals surface area contributed by atoms with E-state index >= 15 is 0 Å². The van der Waals surface area contributed by atoms with E-state index in [2.05, 4.69) is 5.32 Å². The zero-order valence-electron chi connectivity index (χ0n) is 17.2. The van der Waals surface area contributed by atoms with E-state index in [9.17, 15) is 24.4 Å². The van der Waals surface area contributed by atoms with Gasteiger partial charge in [-0.05, 0) is 38.0 Å². The Morgan fingerprint density at radius 3 is 2.53 bits per heavy atom. The van der Waals surface area contributed by atoms with E-state index in [1.165, 1.54) is 4.90 Å². The summed E-state index contributed by atoms with van der Waals surface area (Å²) in [6.07, 6.45) is 6.28. The number of hydrogen-bond acceptors (Lipinski definition) is 7. The molecule has 3 rings (SSSR count). The van der Waals surface area contributed by atoms with E-state index in [-0.39, 0.29) is 31.0 Å². The molecule has 0 aromatic heterocycles. The monoisotopic (exact) mass is 424 g/mol. The molecule has 1 saturated heterocycles. The van der Waals surface area contributed by atoms with Gasteiger partial charge in [-0.25, -0.2) is 9.86 Å². The van der Waals surface area contributed by atoms with E-state index in [1.54, 1.807) is 0 Å². The van der Waals surface area contributed by atoms with E-state index in [0.717, 1.165) is 25.7 Å². The molecule has 0 unspecified atom stereocenters. The lowest BCUT2D eigenvalue weighted by Gasteiger charge is -2.32. The van der Waals surface area contributed by atoms with Crippen molar-refractivity contribution in [2.45, 2.75) is 76.0 Å². The summed E-state index contributed by atoms with van der Waals surface area (Å²) in [4.78, 5) is 50.2. The third kappa shape index (κ3) is 5.69. The summed E-state index contributed by atoms with van der Waals surface area (Å²) in [6.45, 7) is 0.296. The number of carbonyl (C=O) groups excluding carboxylic acids is 4. The molecule has 10 heteroatoms. The first kappa shape index (κ1) is 22.5. The lowest BCUT2D eigenvalue weighted by molar-refractivity contribution is -0.158. The van der Waals surface area contributed by atoms with Gasteiger partial charge in [-0.2, -0.15) is 0 Å². The molecule has 10 nitrogen and oxygen atoms in total. The van der Waals surface area contributed by atoms with Gasteiger partial charge in [0.05, 0.1) is 12.5 Å². The van der Waals surface area contributed by atoms with Crippen molar-refractivity contribution in [2.75, 3.05) is 13.1 Å². The molecule has 0 bridgehead atoms. The third-order valence-electron chi connectivity index (χ3n) is 6.44. The molecule has 2 saturated carbocycles. The van der Waals surface area contributed by atoms with E-state index in [0.29, 0.717) is 49.6 Å². The van der Waals surface area contributed by atoms with Gasteiger partial charge in [0.25, 0.3) is 5.91 Å². The summed E-state index contributed by atoms with van der Waals surface area (Å²) in [5, 5.41) is 12.4. The molecule has 168 valence electrons. The van der Waals surface area contributed by atoms with Crippen molar-refractivity contribution in [1.82, 2.24) is 15.3 Å². The van der Waals surface area contributed by atoms with Crippen LogP contribution in [0.15, 0.2) is 0 Å². The average molecular weight is 424 g/mol. The molecule has 3 fully saturated rings. The lowest BCUT2D eigenvalue weighted by Crippen LogP contribution is -2.51. The Balaban J connectivity index is 1.59. The molecule has 0 aromatic rings. The summed E-state index contributed by atoms with van der Waals surface area (Å²) >= 11 is 0. The first-order valence-electron chi connectivity index (χ1n) is 10.9. The molecule has 4 N–H and O–H groups in total. The van der Waals surface area contributed by atoms with Crippen molar-refractivity contribution < 1.29 is 29.1 Å². The van der Waals surface area contributed by atoms with Crippen LogP contribution in [0.25, 0.3) is 0 Å². The van der Waals surface area contributed by atoms with Crippen molar-refractivity contribution in [3.8, 4) is 0 Å². The fourth-order valence-electron chi connectivity index (χ4n) is 4.78. The zero-order chi connectivity index (χ0) is 21.7. The highest BCUT2D eigenvalue weighted by atomic mass is 16.6. The fraction of sp³-hybridized carbons (Fsp3) is 0.800. The summed E-state index contributed by atoms with van der Waals surface area (Å²) in [5.74, 6) is -1.04. The SMILES string of the molecule is NC1CC(OC(=O)NC(=O)[C@@H]2CCCN2C(=O)[C@H](CC2CCCC2)CN(O)C=O)C1. The first-order valence-corrected chi connectivity index (χ1v) is 10.9. The van der Waals surface area contributed by atoms with Crippen LogP contribution in [-0.2, 0) is 19.1 Å². The normalized spacial score (nSPS) is 27.3. The van der Waals surface area contributed by atoms with Crippen LogP contribution >= 0.6 is 0 Å². The third-order valence-corrected chi connectivity index (χ3v) is 6.44. The van der Waals surface area contributed by atoms with Gasteiger partial charge >= 0.3 is 6.09 Å². The van der Waals surface area contributed by atoms with Crippen molar-refractivity contribution >= 4 is 24.3 Å². The minimum Gasteiger partial charge on any atom is -0.446 e. The second-order valence-corrected chi connectivity index (χ2v) is 8.75. The molecule has 2 aliphatic carbocycles. The highest BCUT2D eigenvalue weighted by molar-refractivity contribution is 5.97. The smallest absolute Gasteiger partial charge is 0.414 e. The van der Waals surface area contributed by atoms with Gasteiger partial charge in [-0.15, -0.1) is 0 Å². The van der Waals surface area contributed by atoms with Gasteiger partial charge < -0.3 is 15.4 Å². The molecule has 4 amide bonds. The van der Waals surface area contributed by atoms with Crippen LogP contribution < -0.4 is 11.1 Å². The number of alkyl carbamates (subject to hydrolysis) is 1. The van der Waals surface area contributed by atoms with Gasteiger partial charge in [0.15, 0.2) is 0 Å². The Hall–Kier alpha value is -2.20. The lowest BCUT2D eigenvalue weighted by atomic mass is 9.90. The fourth-order valence-corrected chi connectivity index (χ4v) is 4.78. The van der Waals surface area contributed by atoms with Crippen LogP contribution in [0.4, 0.5) is 4.79 Å². The predicted molar refractivity (Wildman–Crippen MR) is 105 cm³/mol. The van der Waals surface area contributed by atoms with Crippen LogP contribution in [0.2, 0.25) is 0 Å². The molecule has 30 heavy (non-hydrogen) atoms. The summed E-state index contributed by atoms with van der Waals surface area (Å²) in [7, 11) is 0. The summed E-state index contributed by atoms with van der Waals surface area (Å²) < 4.78 is 5.15. The second-order valence-electron chi connectivity index (χ2n) is 8.75. The van der Waals surface area contributed by atoms with E-state index < -0.39 is 24.0 Å². The number of nitrogens with one attached hydrogen (secondary N) is 1. The molecular weight excluding hydrogens is 392 g/mol. The Kier molecular flexibility index (Phi) is 7.65. The largest absolute Gasteiger partial charge is 0.446 e. The van der Waals surface area contributed by atoms with Crippen molar-refractivity contribution in [2.24, 2.45) is 17.6 Å². The Morgan fingerprint density at radius 1 is 1.20 bits per heavy atom. The number of imide groups is 1. The molecule has 1 heterocycles. The molecule has 3 aliphatic rings. The number of rotatable bonds is 8. The van der Waals surface area contributed by atoms with Gasteiger partial charge in [-0.1, -0.05) is 25.7 Å². The van der Waals surface area contributed by atoms with Crippen LogP contribution in [0.3, 0.4) is 0 Å². The van der Waals surface area contributed by atoms with Gasteiger partial charge in [0.1, 0.15) is 12.1 Å². The maximum absolute atomic E-state index is 13.2. The first-order chi connectivity index (χ1) is 14.4. The topological polar surface area (TPSA) is 142 Å². The Bertz CT molecular complexity index is 647. The number of carbonyl (C=O) groups is 4. The molecule has 0 spiro atoms. The maximum Gasteiger partial charge on any atom is 0.414 e. The summed E-state index contributed by atoms with van der Waals surface area (Å²) in [5.41, 5.74) is 5.66. The Labute approximate surface area is 176 Å². The van der Waals surface area contributed by atoms with Crippen LogP contribution in [0.5, 0.6) is 0 Å². The zero-order valence-corrected chi connectivity index (χ0v) is 17.2. The van der Waals surface area contributed by atoms with Crippen LogP contribution in [0, 0.1) is 11.8 Å². The molecule has 0 aromatic carbocycles. The number of amides is 4. The highest BCUT2D eigenvalue weighted by Crippen LogP contribution is 2.32.